The fourth-order valence-electron chi connectivity index (χ4n) is 2.04. The minimum atomic E-state index is -0.892. The van der Waals surface area contributed by atoms with Crippen molar-refractivity contribution in [1.82, 2.24) is 9.97 Å². The van der Waals surface area contributed by atoms with Gasteiger partial charge in [-0.2, -0.15) is 0 Å². The first-order chi connectivity index (χ1) is 12.4. The SMILES string of the molecule is O=C(Nc1ccc(F)cc1F)c1ccnc(Nc2cc(Cl)ccc2Cl)n1. The van der Waals surface area contributed by atoms with Crippen LogP contribution in [0.15, 0.2) is 48.7 Å². The van der Waals surface area contributed by atoms with Gasteiger partial charge in [0, 0.05) is 17.3 Å². The zero-order chi connectivity index (χ0) is 18.7. The Morgan fingerprint density at radius 1 is 1.00 bits per heavy atom. The molecule has 0 unspecified atom stereocenters. The molecular weight excluding hydrogens is 385 g/mol. The minimum absolute atomic E-state index is 0.0237. The van der Waals surface area contributed by atoms with E-state index in [0.29, 0.717) is 21.8 Å². The Morgan fingerprint density at radius 3 is 2.58 bits per heavy atom. The van der Waals surface area contributed by atoms with Crippen LogP contribution in [0.3, 0.4) is 0 Å². The maximum absolute atomic E-state index is 13.6. The van der Waals surface area contributed by atoms with Crippen molar-refractivity contribution in [2.75, 3.05) is 10.6 Å². The Hall–Kier alpha value is -2.77. The van der Waals surface area contributed by atoms with Gasteiger partial charge in [-0.15, -0.1) is 0 Å². The van der Waals surface area contributed by atoms with E-state index in [1.165, 1.54) is 12.3 Å². The van der Waals surface area contributed by atoms with Crippen molar-refractivity contribution < 1.29 is 13.6 Å². The lowest BCUT2D eigenvalue weighted by molar-refractivity contribution is 0.102. The molecule has 0 saturated heterocycles. The van der Waals surface area contributed by atoms with Gasteiger partial charge in [0.2, 0.25) is 5.95 Å². The van der Waals surface area contributed by atoms with Crippen LogP contribution < -0.4 is 10.6 Å². The first-order valence-electron chi connectivity index (χ1n) is 7.24. The van der Waals surface area contributed by atoms with Crippen LogP contribution in [0.5, 0.6) is 0 Å². The molecule has 2 N–H and O–H groups in total. The molecule has 2 aromatic carbocycles. The summed E-state index contributed by atoms with van der Waals surface area (Å²) in [5.41, 5.74) is 0.271. The average Bonchev–Trinajstić information content (AvgIpc) is 2.61. The number of hydrogen-bond donors (Lipinski definition) is 2. The summed E-state index contributed by atoms with van der Waals surface area (Å²) in [6.45, 7) is 0. The Balaban J connectivity index is 1.80. The molecule has 0 aliphatic rings. The first-order valence-corrected chi connectivity index (χ1v) is 7.99. The summed E-state index contributed by atoms with van der Waals surface area (Å²) in [6.07, 6.45) is 1.35. The van der Waals surface area contributed by atoms with Crippen molar-refractivity contribution >= 4 is 46.4 Å². The van der Waals surface area contributed by atoms with Crippen LogP contribution in [0.25, 0.3) is 0 Å². The molecule has 0 aliphatic heterocycles. The molecule has 26 heavy (non-hydrogen) atoms. The molecule has 0 saturated carbocycles. The third-order valence-corrected chi connectivity index (χ3v) is 3.81. The van der Waals surface area contributed by atoms with Gasteiger partial charge in [0.05, 0.1) is 16.4 Å². The molecular formula is C17H10Cl2F2N4O. The fraction of sp³-hybridized carbons (Fsp3) is 0. The third kappa shape index (κ3) is 4.25. The molecule has 1 aromatic heterocycles. The van der Waals surface area contributed by atoms with Crippen molar-refractivity contribution in [3.8, 4) is 0 Å². The number of nitrogens with zero attached hydrogens (tertiary/aromatic N) is 2. The number of rotatable bonds is 4. The number of carbonyl (C=O) groups is 1. The number of carbonyl (C=O) groups excluding carboxylic acids is 1. The van der Waals surface area contributed by atoms with E-state index in [0.717, 1.165) is 12.1 Å². The van der Waals surface area contributed by atoms with E-state index in [9.17, 15) is 13.6 Å². The maximum atomic E-state index is 13.6. The minimum Gasteiger partial charge on any atom is -0.323 e. The van der Waals surface area contributed by atoms with Crippen LogP contribution >= 0.6 is 23.2 Å². The van der Waals surface area contributed by atoms with Gasteiger partial charge in [-0.1, -0.05) is 23.2 Å². The van der Waals surface area contributed by atoms with E-state index in [1.807, 2.05) is 0 Å². The number of aromatic nitrogens is 2. The van der Waals surface area contributed by atoms with Gasteiger partial charge in [-0.3, -0.25) is 4.79 Å². The summed E-state index contributed by atoms with van der Waals surface area (Å²) < 4.78 is 26.6. The van der Waals surface area contributed by atoms with E-state index in [4.69, 9.17) is 23.2 Å². The summed E-state index contributed by atoms with van der Waals surface area (Å²) >= 11 is 12.0. The zero-order valence-corrected chi connectivity index (χ0v) is 14.4. The van der Waals surface area contributed by atoms with E-state index in [-0.39, 0.29) is 17.3 Å². The highest BCUT2D eigenvalue weighted by atomic mass is 35.5. The number of benzene rings is 2. The molecule has 3 aromatic rings. The largest absolute Gasteiger partial charge is 0.323 e. The van der Waals surface area contributed by atoms with Crippen LogP contribution in [0.4, 0.5) is 26.1 Å². The predicted molar refractivity (Wildman–Crippen MR) is 96.1 cm³/mol. The predicted octanol–water partition coefficient (Wildman–Crippen LogP) is 5.06. The standard InChI is InChI=1S/C17H10Cl2F2N4O/c18-9-1-3-11(19)15(7-9)25-17-22-6-5-14(24-17)16(26)23-13-4-2-10(20)8-12(13)21/h1-8H,(H,23,26)(H,22,24,25). The summed E-state index contributed by atoms with van der Waals surface area (Å²) in [6, 6.07) is 8.97. The van der Waals surface area contributed by atoms with Crippen LogP contribution in [0.2, 0.25) is 10.0 Å². The molecule has 5 nitrogen and oxygen atoms in total. The van der Waals surface area contributed by atoms with Gasteiger partial charge in [-0.05, 0) is 36.4 Å². The molecule has 0 atom stereocenters. The number of anilines is 3. The van der Waals surface area contributed by atoms with Crippen LogP contribution in [-0.2, 0) is 0 Å². The van der Waals surface area contributed by atoms with Crippen molar-refractivity contribution in [3.05, 3.63) is 76.0 Å². The van der Waals surface area contributed by atoms with E-state index < -0.39 is 17.5 Å². The third-order valence-electron chi connectivity index (χ3n) is 3.24. The molecule has 3 rings (SSSR count). The highest BCUT2D eigenvalue weighted by Crippen LogP contribution is 2.27. The second kappa shape index (κ2) is 7.63. The quantitative estimate of drug-likeness (QED) is 0.648. The molecule has 132 valence electrons. The van der Waals surface area contributed by atoms with Crippen molar-refractivity contribution in [2.24, 2.45) is 0 Å². The maximum Gasteiger partial charge on any atom is 0.274 e. The zero-order valence-electron chi connectivity index (χ0n) is 12.9. The highest BCUT2D eigenvalue weighted by Gasteiger charge is 2.13. The summed E-state index contributed by atoms with van der Waals surface area (Å²) in [4.78, 5) is 20.3. The number of hydrogen-bond acceptors (Lipinski definition) is 4. The van der Waals surface area contributed by atoms with Crippen LogP contribution in [0.1, 0.15) is 10.5 Å². The van der Waals surface area contributed by atoms with Gasteiger partial charge < -0.3 is 10.6 Å². The normalized spacial score (nSPS) is 10.5. The average molecular weight is 395 g/mol. The molecule has 1 heterocycles. The van der Waals surface area contributed by atoms with Crippen LogP contribution in [-0.4, -0.2) is 15.9 Å². The van der Waals surface area contributed by atoms with E-state index >= 15 is 0 Å². The molecule has 0 bridgehead atoms. The molecule has 0 aliphatic carbocycles. The Bertz CT molecular complexity index is 985. The second-order valence-electron chi connectivity index (χ2n) is 5.09. The number of amides is 1. The fourth-order valence-corrected chi connectivity index (χ4v) is 2.37. The highest BCUT2D eigenvalue weighted by molar-refractivity contribution is 6.35. The van der Waals surface area contributed by atoms with E-state index in [1.54, 1.807) is 18.2 Å². The smallest absolute Gasteiger partial charge is 0.274 e. The second-order valence-corrected chi connectivity index (χ2v) is 5.94. The van der Waals surface area contributed by atoms with Crippen molar-refractivity contribution in [1.29, 1.82) is 0 Å². The Morgan fingerprint density at radius 2 is 1.81 bits per heavy atom. The Kier molecular flexibility index (Phi) is 5.29. The Labute approximate surface area is 157 Å². The lowest BCUT2D eigenvalue weighted by atomic mass is 10.3. The summed E-state index contributed by atoms with van der Waals surface area (Å²) in [5, 5.41) is 6.01. The first kappa shape index (κ1) is 18.0. The molecule has 0 radical (unpaired) electrons. The molecule has 0 spiro atoms. The lowest BCUT2D eigenvalue weighted by Gasteiger charge is -2.09. The van der Waals surface area contributed by atoms with Gasteiger partial charge >= 0.3 is 0 Å². The molecule has 0 fully saturated rings. The molecule has 1 amide bonds. The van der Waals surface area contributed by atoms with Gasteiger partial charge in [0.15, 0.2) is 0 Å². The number of nitrogens with one attached hydrogen (secondary N) is 2. The summed E-state index contributed by atoms with van der Waals surface area (Å²) in [7, 11) is 0. The van der Waals surface area contributed by atoms with Gasteiger partial charge in [0.1, 0.15) is 17.3 Å². The molecule has 9 heteroatoms. The van der Waals surface area contributed by atoms with E-state index in [2.05, 4.69) is 20.6 Å². The lowest BCUT2D eigenvalue weighted by Crippen LogP contribution is -2.15. The van der Waals surface area contributed by atoms with Crippen molar-refractivity contribution in [2.45, 2.75) is 0 Å². The van der Waals surface area contributed by atoms with Crippen LogP contribution in [0, 0.1) is 11.6 Å². The topological polar surface area (TPSA) is 66.9 Å². The monoisotopic (exact) mass is 394 g/mol. The van der Waals surface area contributed by atoms with Crippen molar-refractivity contribution in [3.63, 3.8) is 0 Å². The van der Waals surface area contributed by atoms with Gasteiger partial charge in [0.25, 0.3) is 5.91 Å². The summed E-state index contributed by atoms with van der Waals surface area (Å²) in [5.74, 6) is -2.22. The van der Waals surface area contributed by atoms with Gasteiger partial charge in [-0.25, -0.2) is 18.7 Å². The number of halogens is 4.